The van der Waals surface area contributed by atoms with Crippen LogP contribution in [0.2, 0.25) is 78.6 Å². The molecule has 452 valence electrons. The quantitative estimate of drug-likeness (QED) is 0.0402. The summed E-state index contributed by atoms with van der Waals surface area (Å²) in [7, 11) is -8.91. The molecule has 0 aliphatic carbocycles. The molecule has 10 aromatic carbocycles. The topological polar surface area (TPSA) is 6.48 Å². The van der Waals surface area contributed by atoms with E-state index in [1.54, 1.807) is 4.03 Å². The van der Waals surface area contributed by atoms with Crippen molar-refractivity contribution in [3.63, 3.8) is 0 Å². The van der Waals surface area contributed by atoms with Crippen molar-refractivity contribution < 1.29 is 0 Å². The van der Waals surface area contributed by atoms with Gasteiger partial charge in [-0.2, -0.15) is 0 Å². The van der Waals surface area contributed by atoms with Gasteiger partial charge in [0.25, 0.3) is 0 Å². The van der Waals surface area contributed by atoms with Crippen LogP contribution < -0.4 is 7.05 Å². The zero-order chi connectivity index (χ0) is 63.8. The monoisotopic (exact) mass is 1360 g/mol. The zero-order valence-electron chi connectivity index (χ0n) is 55.6. The van der Waals surface area contributed by atoms with Crippen molar-refractivity contribution in [3.8, 4) is 11.5 Å². The molecule has 0 amide bonds. The molecule has 0 saturated heterocycles. The van der Waals surface area contributed by atoms with Crippen LogP contribution in [0.25, 0.3) is 0 Å². The van der Waals surface area contributed by atoms with Gasteiger partial charge in [0.15, 0.2) is 0 Å². The molecular formula is C82H90Ge2N2Si4. The Kier molecular flexibility index (Phi) is 21.0. The van der Waals surface area contributed by atoms with Gasteiger partial charge >= 0.3 is 563 Å². The maximum absolute atomic E-state index is 4.35. The second kappa shape index (κ2) is 28.7. The first-order valence-electron chi connectivity index (χ1n) is 32.2. The Morgan fingerprint density at radius 3 is 0.711 bits per heavy atom. The Balaban J connectivity index is 1.32. The van der Waals surface area contributed by atoms with Crippen LogP contribution in [0, 0.1) is 25.3 Å². The number of rotatable bonds is 21. The number of benzene rings is 10. The van der Waals surface area contributed by atoms with E-state index in [4.69, 9.17) is 0 Å². The Hall–Kier alpha value is -6.95. The Morgan fingerprint density at radius 2 is 0.522 bits per heavy atom. The second-order valence-corrected chi connectivity index (χ2v) is 55.5. The summed E-state index contributed by atoms with van der Waals surface area (Å²) in [5.41, 5.74) is 25.6. The van der Waals surface area contributed by atoms with Crippen LogP contribution in [-0.4, -0.2) is 63.9 Å². The number of aryl methyl sites for hydroxylation is 2. The molecule has 0 aliphatic heterocycles. The molecule has 10 rings (SSSR count). The first-order valence-corrected chi connectivity index (χ1v) is 50.0. The predicted octanol–water partition coefficient (Wildman–Crippen LogP) is 21.2. The fraction of sp³-hybridized carbons (Fsp3) is 0.220. The summed E-state index contributed by atoms with van der Waals surface area (Å²) in [5, 5.41) is 0. The summed E-state index contributed by atoms with van der Waals surface area (Å²) < 4.78 is 9.42. The summed E-state index contributed by atoms with van der Waals surface area (Å²) in [4.78, 5) is 0. The van der Waals surface area contributed by atoms with Crippen molar-refractivity contribution in [3.05, 3.63) is 353 Å². The van der Waals surface area contributed by atoms with E-state index in [9.17, 15) is 0 Å². The molecule has 0 unspecified atom stereocenters. The third kappa shape index (κ3) is 15.8. The average molecular weight is 1360 g/mol. The molecule has 0 saturated carbocycles. The average Bonchev–Trinajstić information content (AvgIpc) is 0.756. The molecule has 4 radical (unpaired) electrons. The van der Waals surface area contributed by atoms with E-state index < -0.39 is 63.9 Å². The Morgan fingerprint density at radius 1 is 0.311 bits per heavy atom. The van der Waals surface area contributed by atoms with Crippen molar-refractivity contribution in [2.45, 2.75) is 116 Å². The van der Waals surface area contributed by atoms with E-state index in [2.05, 4.69) is 378 Å². The molecule has 8 heteroatoms. The van der Waals surface area contributed by atoms with Gasteiger partial charge in [0.1, 0.15) is 0 Å². The Bertz CT molecular complexity index is 3710. The molecule has 10 aromatic rings. The standard InChI is InChI=1S/C82H90Ge2N2Si4/c1-61-57-71(76(63-39-23-15-24-40-63)64-41-25-16-26-42-64)80(72(58-61)77(65-43-27-17-28-44-65)66-45-29-18-30-46-66)85(89(9,10)11)83-75(55-56-87(3,4)5)82(88(6,7)8)84-86(90(12,13)14)81-73(78(67-47-31-19-32-48-67)68-49-33-20-34-50-68)59-62(2)60-74(81)79(69-51-35-21-36-52-69)70-53-37-22-38-54-70/h15-54,57-60,76-79H,1-14H3/b82-75+. The number of hydrogen-bond donors (Lipinski definition) is 0. The molecule has 0 aliphatic rings. The van der Waals surface area contributed by atoms with Gasteiger partial charge in [-0.05, 0) is 0 Å². The van der Waals surface area contributed by atoms with Gasteiger partial charge in [0.05, 0.1) is 0 Å². The molecular weight excluding hydrogens is 1270 g/mol. The normalized spacial score (nSPS) is 12.5. The number of nitrogens with zero attached hydrogens (tertiary/aromatic N) is 2. The first-order chi connectivity index (χ1) is 43.0. The maximum atomic E-state index is 4.35. The van der Waals surface area contributed by atoms with Crippen molar-refractivity contribution in [2.24, 2.45) is 0 Å². The molecule has 0 fully saturated rings. The fourth-order valence-corrected chi connectivity index (χ4v) is 33.1. The summed E-state index contributed by atoms with van der Waals surface area (Å²) in [5.74, 6) is 4.29. The van der Waals surface area contributed by atoms with Crippen LogP contribution >= 0.6 is 0 Å². The van der Waals surface area contributed by atoms with E-state index in [1.165, 1.54) is 93.7 Å². The van der Waals surface area contributed by atoms with E-state index >= 15 is 0 Å². The van der Waals surface area contributed by atoms with Crippen molar-refractivity contribution in [1.29, 1.82) is 0 Å². The van der Waals surface area contributed by atoms with Gasteiger partial charge in [0, 0.05) is 0 Å². The molecule has 90 heavy (non-hydrogen) atoms. The number of anilines is 2. The van der Waals surface area contributed by atoms with Crippen molar-refractivity contribution in [2.75, 3.05) is 7.05 Å². The van der Waals surface area contributed by atoms with Gasteiger partial charge in [-0.3, -0.25) is 0 Å². The molecule has 2 nitrogen and oxygen atoms in total. The molecule has 0 spiro atoms. The van der Waals surface area contributed by atoms with Gasteiger partial charge in [-0.1, -0.05) is 0 Å². The third-order valence-electron chi connectivity index (χ3n) is 16.7. The van der Waals surface area contributed by atoms with E-state index in [-0.39, 0.29) is 23.7 Å². The van der Waals surface area contributed by atoms with E-state index in [0.717, 1.165) is 0 Å². The molecule has 0 heterocycles. The van der Waals surface area contributed by atoms with Crippen LogP contribution in [0.1, 0.15) is 102 Å². The van der Waals surface area contributed by atoms with E-state index in [0.29, 0.717) is 0 Å². The molecule has 0 bridgehead atoms. The molecule has 0 N–H and O–H groups in total. The minimum absolute atomic E-state index is 0.0114. The van der Waals surface area contributed by atoms with Crippen LogP contribution in [0.15, 0.2) is 275 Å². The van der Waals surface area contributed by atoms with Gasteiger partial charge < -0.3 is 0 Å². The Labute approximate surface area is 558 Å². The summed E-state index contributed by atoms with van der Waals surface area (Å²) in [6, 6.07) is 101. The minimum atomic E-state index is -2.37. The number of allylic oxidation sites excluding steroid dienone is 1. The van der Waals surface area contributed by atoms with Gasteiger partial charge in [-0.15, -0.1) is 0 Å². The SMILES string of the molecule is Cc1cc(C(c2ccccc2)c2ccccc2)c([N]([Ge]/[C](C#C[Si](C)(C)C)=[C](\[Ge][N](c2c(C(c3ccccc3)c3ccccc3)cc(C)cc2C(c2ccccc2)c2ccccc2)[Si](C)(C)C)[Si](C)(C)C)[Si](C)(C)C)c(C(c2ccccc2)c2ccccc2)c1. The summed E-state index contributed by atoms with van der Waals surface area (Å²) in [6.07, 6.45) is 0. The fourth-order valence-electron chi connectivity index (χ4n) is 12.8. The second-order valence-electron chi connectivity index (χ2n) is 28.3. The first kappa shape index (κ1) is 66.0. The molecule has 0 aromatic heterocycles. The summed E-state index contributed by atoms with van der Waals surface area (Å²) >= 11 is -2.32. The summed E-state index contributed by atoms with van der Waals surface area (Å²) in [6.45, 7) is 35.8. The predicted molar refractivity (Wildman–Crippen MR) is 402 cm³/mol. The van der Waals surface area contributed by atoms with Gasteiger partial charge in [0.2, 0.25) is 0 Å². The van der Waals surface area contributed by atoms with Crippen LogP contribution in [0.4, 0.5) is 11.4 Å². The van der Waals surface area contributed by atoms with Crippen LogP contribution in [0.3, 0.4) is 0 Å². The number of hydrogen-bond acceptors (Lipinski definition) is 2. The van der Waals surface area contributed by atoms with Crippen LogP contribution in [0.5, 0.6) is 0 Å². The van der Waals surface area contributed by atoms with Crippen LogP contribution in [-0.2, 0) is 0 Å². The third-order valence-corrected chi connectivity index (χ3v) is 43.1. The van der Waals surface area contributed by atoms with Crippen molar-refractivity contribution in [1.82, 2.24) is 0 Å². The zero-order valence-corrected chi connectivity index (χ0v) is 63.8. The molecule has 0 atom stereocenters. The van der Waals surface area contributed by atoms with Crippen molar-refractivity contribution >= 4 is 75.3 Å². The van der Waals surface area contributed by atoms with E-state index in [1.807, 2.05) is 0 Å². The van der Waals surface area contributed by atoms with Gasteiger partial charge in [-0.25, -0.2) is 0 Å².